The molecule has 1 amide bonds. The smallest absolute Gasteiger partial charge is 0.416 e. The van der Waals surface area contributed by atoms with Gasteiger partial charge in [0, 0.05) is 28.2 Å². The molecule has 3 aromatic carbocycles. The van der Waals surface area contributed by atoms with E-state index in [9.17, 15) is 14.7 Å². The van der Waals surface area contributed by atoms with Gasteiger partial charge in [-0.15, -0.1) is 0 Å². The number of amides is 1. The Morgan fingerprint density at radius 2 is 1.79 bits per heavy atom. The Bertz CT molecular complexity index is 1360. The number of H-pyrrole nitrogens is 1. The van der Waals surface area contributed by atoms with Crippen LogP contribution in [0, 0.1) is 6.92 Å². The molecule has 0 saturated carbocycles. The van der Waals surface area contributed by atoms with Crippen molar-refractivity contribution >= 4 is 34.6 Å². The van der Waals surface area contributed by atoms with Crippen LogP contribution in [-0.4, -0.2) is 33.6 Å². The second-order valence-corrected chi connectivity index (χ2v) is 8.60. The molecule has 0 aliphatic carbocycles. The Hall–Kier alpha value is -3.77. The van der Waals surface area contributed by atoms with Gasteiger partial charge < -0.3 is 14.8 Å². The Morgan fingerprint density at radius 3 is 2.48 bits per heavy atom. The van der Waals surface area contributed by atoms with Crippen molar-refractivity contribution in [1.29, 1.82) is 0 Å². The number of halogens is 1. The lowest BCUT2D eigenvalue weighted by molar-refractivity contribution is 0.0696. The summed E-state index contributed by atoms with van der Waals surface area (Å²) in [7, 11) is 0. The average molecular weight is 461 g/mol. The first kappa shape index (κ1) is 21.1. The second-order valence-electron chi connectivity index (χ2n) is 8.16. The molecule has 0 saturated heterocycles. The molecule has 33 heavy (non-hydrogen) atoms. The number of hydrogen-bond acceptors (Lipinski definition) is 3. The van der Waals surface area contributed by atoms with Gasteiger partial charge in [0.1, 0.15) is 11.8 Å². The molecule has 0 bridgehead atoms. The summed E-state index contributed by atoms with van der Waals surface area (Å²) < 4.78 is 5.65. The normalized spacial score (nSPS) is 15.3. The lowest BCUT2D eigenvalue weighted by atomic mass is 9.92. The van der Waals surface area contributed by atoms with E-state index in [0.29, 0.717) is 23.7 Å². The number of aromatic amines is 1. The molecule has 1 aliphatic heterocycles. The van der Waals surface area contributed by atoms with Crippen molar-refractivity contribution in [1.82, 2.24) is 9.88 Å². The largest absolute Gasteiger partial charge is 0.478 e. The summed E-state index contributed by atoms with van der Waals surface area (Å²) in [5, 5.41) is 11.0. The molecule has 2 N–H and O–H groups in total. The molecule has 166 valence electrons. The van der Waals surface area contributed by atoms with Gasteiger partial charge in [0.05, 0.1) is 5.56 Å². The number of carbonyl (C=O) groups excluding carboxylic acids is 1. The SMILES string of the molecule is Cc1ccc2[nH]c3c(c2c1)CCN(C(=O)Oc1ccc(Cl)cc1)C3c1ccc(C(=O)O)cc1. The first-order valence-electron chi connectivity index (χ1n) is 10.6. The van der Waals surface area contributed by atoms with Crippen LogP contribution in [0.5, 0.6) is 5.75 Å². The highest BCUT2D eigenvalue weighted by molar-refractivity contribution is 6.30. The van der Waals surface area contributed by atoms with Crippen LogP contribution >= 0.6 is 11.6 Å². The van der Waals surface area contributed by atoms with Crippen LogP contribution in [0.15, 0.2) is 66.7 Å². The third-order valence-corrected chi connectivity index (χ3v) is 6.26. The second kappa shape index (κ2) is 8.30. The van der Waals surface area contributed by atoms with Gasteiger partial charge in [-0.25, -0.2) is 9.59 Å². The minimum Gasteiger partial charge on any atom is -0.478 e. The Morgan fingerprint density at radius 1 is 1.06 bits per heavy atom. The Balaban J connectivity index is 1.58. The van der Waals surface area contributed by atoms with Crippen molar-refractivity contribution in [2.75, 3.05) is 6.54 Å². The van der Waals surface area contributed by atoms with Crippen LogP contribution in [0.1, 0.15) is 38.8 Å². The molecule has 4 aromatic rings. The zero-order chi connectivity index (χ0) is 23.1. The molecule has 2 heterocycles. The van der Waals surface area contributed by atoms with Crippen molar-refractivity contribution in [3.8, 4) is 5.75 Å². The number of hydrogen-bond donors (Lipinski definition) is 2. The quantitative estimate of drug-likeness (QED) is 0.394. The predicted molar refractivity (Wildman–Crippen MR) is 126 cm³/mol. The van der Waals surface area contributed by atoms with Gasteiger partial charge in [-0.2, -0.15) is 0 Å². The van der Waals surface area contributed by atoms with E-state index in [1.54, 1.807) is 53.4 Å². The van der Waals surface area contributed by atoms with Gasteiger partial charge in [0.15, 0.2) is 0 Å². The number of ether oxygens (including phenoxy) is 1. The molecule has 7 heteroatoms. The summed E-state index contributed by atoms with van der Waals surface area (Å²) in [5.41, 5.74) is 5.24. The van der Waals surface area contributed by atoms with E-state index in [-0.39, 0.29) is 5.56 Å². The van der Waals surface area contributed by atoms with Gasteiger partial charge in [-0.05, 0) is 73.0 Å². The highest BCUT2D eigenvalue weighted by Crippen LogP contribution is 2.39. The fourth-order valence-corrected chi connectivity index (χ4v) is 4.54. The number of aromatic carboxylic acids is 1. The molecule has 0 radical (unpaired) electrons. The number of aryl methyl sites for hydroxylation is 1. The number of aromatic nitrogens is 1. The summed E-state index contributed by atoms with van der Waals surface area (Å²) in [6.45, 7) is 2.52. The molecule has 6 nitrogen and oxygen atoms in total. The molecular weight excluding hydrogens is 440 g/mol. The summed E-state index contributed by atoms with van der Waals surface area (Å²) >= 11 is 5.94. The zero-order valence-corrected chi connectivity index (χ0v) is 18.6. The fraction of sp³-hybridized carbons (Fsp3) is 0.154. The molecule has 1 unspecified atom stereocenters. The molecule has 1 aromatic heterocycles. The molecule has 5 rings (SSSR count). The van der Waals surface area contributed by atoms with Crippen LogP contribution in [-0.2, 0) is 6.42 Å². The number of carboxylic acids is 1. The van der Waals surface area contributed by atoms with Crippen LogP contribution in [0.25, 0.3) is 10.9 Å². The third kappa shape index (κ3) is 3.94. The Kier molecular flexibility index (Phi) is 5.30. The van der Waals surface area contributed by atoms with Gasteiger partial charge >= 0.3 is 12.1 Å². The summed E-state index contributed by atoms with van der Waals surface area (Å²) in [4.78, 5) is 29.8. The number of carbonyl (C=O) groups is 2. The number of nitrogens with zero attached hydrogens (tertiary/aromatic N) is 1. The predicted octanol–water partition coefficient (Wildman–Crippen LogP) is 5.97. The van der Waals surface area contributed by atoms with E-state index in [4.69, 9.17) is 16.3 Å². The maximum absolute atomic E-state index is 13.3. The number of carboxylic acid groups (broad SMARTS) is 1. The molecule has 1 atom stereocenters. The van der Waals surface area contributed by atoms with Gasteiger partial charge in [0.2, 0.25) is 0 Å². The average Bonchev–Trinajstić information content (AvgIpc) is 3.17. The van der Waals surface area contributed by atoms with E-state index >= 15 is 0 Å². The number of fused-ring (bicyclic) bond motifs is 3. The monoisotopic (exact) mass is 460 g/mol. The van der Waals surface area contributed by atoms with Crippen molar-refractivity contribution in [3.63, 3.8) is 0 Å². The minimum atomic E-state index is -0.994. The summed E-state index contributed by atoms with van der Waals surface area (Å²) in [6.07, 6.45) is 0.197. The first-order chi connectivity index (χ1) is 15.9. The van der Waals surface area contributed by atoms with E-state index in [1.165, 1.54) is 0 Å². The highest BCUT2D eigenvalue weighted by Gasteiger charge is 2.35. The number of nitrogens with one attached hydrogen (secondary N) is 1. The lowest BCUT2D eigenvalue weighted by Crippen LogP contribution is -2.42. The van der Waals surface area contributed by atoms with Gasteiger partial charge in [0.25, 0.3) is 0 Å². The van der Waals surface area contributed by atoms with E-state index in [2.05, 4.69) is 18.0 Å². The minimum absolute atomic E-state index is 0.192. The molecule has 1 aliphatic rings. The standard InChI is InChI=1S/C26H21ClN2O4/c1-15-2-11-22-21(14-15)20-12-13-29(26(32)33-19-9-7-18(27)8-10-19)24(23(20)28-22)16-3-5-17(6-4-16)25(30)31/h2-11,14,24,28H,12-13H2,1H3,(H,30,31). The van der Waals surface area contributed by atoms with Crippen LogP contribution in [0.2, 0.25) is 5.02 Å². The molecule has 0 spiro atoms. The van der Waals surface area contributed by atoms with Crippen molar-refractivity contribution in [2.24, 2.45) is 0 Å². The summed E-state index contributed by atoms with van der Waals surface area (Å²) in [5.74, 6) is -0.589. The van der Waals surface area contributed by atoms with Crippen molar-refractivity contribution in [2.45, 2.75) is 19.4 Å². The lowest BCUT2D eigenvalue weighted by Gasteiger charge is -2.35. The highest BCUT2D eigenvalue weighted by atomic mass is 35.5. The van der Waals surface area contributed by atoms with E-state index in [0.717, 1.165) is 33.3 Å². The van der Waals surface area contributed by atoms with Crippen LogP contribution < -0.4 is 4.74 Å². The number of rotatable bonds is 3. The third-order valence-electron chi connectivity index (χ3n) is 6.01. The van der Waals surface area contributed by atoms with E-state index in [1.807, 2.05) is 12.1 Å². The summed E-state index contributed by atoms with van der Waals surface area (Å²) in [6, 6.07) is 19.1. The maximum Gasteiger partial charge on any atom is 0.416 e. The van der Waals surface area contributed by atoms with Gasteiger partial charge in [-0.3, -0.25) is 4.90 Å². The first-order valence-corrected chi connectivity index (χ1v) is 11.0. The topological polar surface area (TPSA) is 82.6 Å². The number of benzene rings is 3. The Labute approximate surface area is 195 Å². The van der Waals surface area contributed by atoms with Crippen LogP contribution in [0.3, 0.4) is 0 Å². The van der Waals surface area contributed by atoms with Crippen molar-refractivity contribution < 1.29 is 19.4 Å². The molecular formula is C26H21ClN2O4. The molecule has 0 fully saturated rings. The van der Waals surface area contributed by atoms with Crippen molar-refractivity contribution in [3.05, 3.63) is 99.7 Å². The van der Waals surface area contributed by atoms with E-state index < -0.39 is 18.1 Å². The van der Waals surface area contributed by atoms with Gasteiger partial charge in [-0.1, -0.05) is 35.4 Å². The zero-order valence-electron chi connectivity index (χ0n) is 17.8. The fourth-order valence-electron chi connectivity index (χ4n) is 4.42. The van der Waals surface area contributed by atoms with Crippen LogP contribution in [0.4, 0.5) is 4.79 Å². The maximum atomic E-state index is 13.3.